The molecule has 26 heavy (non-hydrogen) atoms. The van der Waals surface area contributed by atoms with Crippen LogP contribution in [0.5, 0.6) is 0 Å². The summed E-state index contributed by atoms with van der Waals surface area (Å²) in [5, 5.41) is 3.34. The molecule has 6 nitrogen and oxygen atoms in total. The molecule has 146 valence electrons. The first-order chi connectivity index (χ1) is 12.2. The van der Waals surface area contributed by atoms with E-state index in [-0.39, 0.29) is 0 Å². The van der Waals surface area contributed by atoms with Gasteiger partial charge in [0, 0.05) is 25.2 Å². The number of likely N-dealkylation sites (tertiary alicyclic amines) is 1. The second-order valence-corrected chi connectivity index (χ2v) is 9.47. The lowest BCUT2D eigenvalue weighted by Gasteiger charge is -2.26. The van der Waals surface area contributed by atoms with Crippen molar-refractivity contribution < 1.29 is 8.42 Å². The third-order valence-electron chi connectivity index (χ3n) is 4.37. The van der Waals surface area contributed by atoms with E-state index in [1.807, 2.05) is 26.8 Å². The van der Waals surface area contributed by atoms with Crippen molar-refractivity contribution in [3.8, 4) is 0 Å². The van der Waals surface area contributed by atoms with Gasteiger partial charge < -0.3 is 10.2 Å². The summed E-state index contributed by atoms with van der Waals surface area (Å²) >= 11 is 0. The van der Waals surface area contributed by atoms with E-state index in [4.69, 9.17) is 4.99 Å². The zero-order valence-corrected chi connectivity index (χ0v) is 17.1. The Bertz CT molecular complexity index is 702. The molecule has 1 aliphatic heterocycles. The number of nitrogens with zero attached hydrogens (tertiary/aromatic N) is 2. The first-order valence-corrected chi connectivity index (χ1v) is 11.1. The van der Waals surface area contributed by atoms with Crippen molar-refractivity contribution in [3.05, 3.63) is 35.9 Å². The zero-order chi connectivity index (χ0) is 19.2. The van der Waals surface area contributed by atoms with Gasteiger partial charge in [0.1, 0.15) is 0 Å². The molecule has 7 heteroatoms. The van der Waals surface area contributed by atoms with Crippen LogP contribution in [0.1, 0.15) is 32.8 Å². The highest BCUT2D eigenvalue weighted by Gasteiger charge is 2.26. The maximum atomic E-state index is 11.5. The van der Waals surface area contributed by atoms with Crippen LogP contribution in [0.2, 0.25) is 0 Å². The van der Waals surface area contributed by atoms with Crippen LogP contribution in [0.25, 0.3) is 0 Å². The number of guanidine groups is 1. The van der Waals surface area contributed by atoms with Crippen molar-refractivity contribution in [2.75, 3.05) is 32.4 Å². The number of nitrogens with one attached hydrogen (secondary N) is 2. The van der Waals surface area contributed by atoms with E-state index in [9.17, 15) is 8.42 Å². The lowest BCUT2D eigenvalue weighted by atomic mass is 9.99. The molecule has 0 aromatic heterocycles. The third kappa shape index (κ3) is 6.96. The summed E-state index contributed by atoms with van der Waals surface area (Å²) in [5.41, 5.74) is 0.761. The van der Waals surface area contributed by atoms with E-state index in [0.717, 1.165) is 38.4 Å². The molecule has 0 aliphatic carbocycles. The van der Waals surface area contributed by atoms with Crippen LogP contribution in [-0.2, 0) is 16.4 Å². The lowest BCUT2D eigenvalue weighted by molar-refractivity contribution is 0.440. The molecular weight excluding hydrogens is 348 g/mol. The summed E-state index contributed by atoms with van der Waals surface area (Å²) in [7, 11) is -3.26. The summed E-state index contributed by atoms with van der Waals surface area (Å²) in [6, 6.07) is 10.6. The lowest BCUT2D eigenvalue weighted by Crippen LogP contribution is -2.47. The van der Waals surface area contributed by atoms with Crippen molar-refractivity contribution in [2.24, 2.45) is 10.9 Å². The predicted molar refractivity (Wildman–Crippen MR) is 108 cm³/mol. The molecule has 1 saturated heterocycles. The van der Waals surface area contributed by atoms with E-state index >= 15 is 0 Å². The average Bonchev–Trinajstić information content (AvgIpc) is 2.98. The van der Waals surface area contributed by atoms with Gasteiger partial charge in [-0.1, -0.05) is 30.3 Å². The number of hydrogen-bond donors (Lipinski definition) is 2. The van der Waals surface area contributed by atoms with E-state index < -0.39 is 15.6 Å². The Morgan fingerprint density at radius 2 is 2.00 bits per heavy atom. The van der Waals surface area contributed by atoms with E-state index in [0.29, 0.717) is 12.5 Å². The fraction of sp³-hybridized carbons (Fsp3) is 0.632. The smallest absolute Gasteiger partial charge is 0.209 e. The van der Waals surface area contributed by atoms with E-state index in [1.165, 1.54) is 11.8 Å². The first-order valence-electron chi connectivity index (χ1n) is 9.24. The standard InChI is InChI=1S/C19H32N4O2S/c1-5-20-18(21-15-19(2,3)22-26(4,24)25)23-12-11-17(14-23)13-16-9-7-6-8-10-16/h6-10,17,22H,5,11-15H2,1-4H3,(H,20,21). The highest BCUT2D eigenvalue weighted by atomic mass is 32.2. The van der Waals surface area contributed by atoms with Gasteiger partial charge in [0.15, 0.2) is 5.96 Å². The number of rotatable bonds is 7. The van der Waals surface area contributed by atoms with Crippen molar-refractivity contribution in [3.63, 3.8) is 0 Å². The van der Waals surface area contributed by atoms with E-state index in [2.05, 4.69) is 39.2 Å². The highest BCUT2D eigenvalue weighted by molar-refractivity contribution is 7.88. The summed E-state index contributed by atoms with van der Waals surface area (Å²) in [6.45, 7) is 8.88. The minimum Gasteiger partial charge on any atom is -0.357 e. The summed E-state index contributed by atoms with van der Waals surface area (Å²) in [5.74, 6) is 1.48. The average molecular weight is 381 g/mol. The molecule has 1 unspecified atom stereocenters. The van der Waals surface area contributed by atoms with Crippen molar-refractivity contribution in [2.45, 2.75) is 39.2 Å². The van der Waals surface area contributed by atoms with Crippen LogP contribution in [-0.4, -0.2) is 57.3 Å². The molecule has 1 atom stereocenters. The second kappa shape index (κ2) is 8.86. The Hall–Kier alpha value is -1.60. The molecule has 0 saturated carbocycles. The van der Waals surface area contributed by atoms with Gasteiger partial charge in [-0.2, -0.15) is 0 Å². The largest absolute Gasteiger partial charge is 0.357 e. The van der Waals surface area contributed by atoms with Gasteiger partial charge in [0.2, 0.25) is 10.0 Å². The fourth-order valence-electron chi connectivity index (χ4n) is 3.37. The van der Waals surface area contributed by atoms with Gasteiger partial charge >= 0.3 is 0 Å². The summed E-state index contributed by atoms with van der Waals surface area (Å²) < 4.78 is 25.7. The SMILES string of the molecule is CCNC(=NCC(C)(C)NS(C)(=O)=O)N1CCC(Cc2ccccc2)C1. The Balaban J connectivity index is 1.98. The monoisotopic (exact) mass is 380 g/mol. The normalized spacial score (nSPS) is 19.0. The molecule has 1 aliphatic rings. The molecule has 2 rings (SSSR count). The molecule has 1 aromatic carbocycles. The Morgan fingerprint density at radius 3 is 2.62 bits per heavy atom. The van der Waals surface area contributed by atoms with E-state index in [1.54, 1.807) is 0 Å². The van der Waals surface area contributed by atoms with Crippen LogP contribution in [0, 0.1) is 5.92 Å². The molecule has 1 fully saturated rings. The summed E-state index contributed by atoms with van der Waals surface area (Å²) in [4.78, 5) is 6.98. The fourth-order valence-corrected chi connectivity index (χ4v) is 4.44. The number of hydrogen-bond acceptors (Lipinski definition) is 3. The molecule has 1 heterocycles. The van der Waals surface area contributed by atoms with Gasteiger partial charge in [0.05, 0.1) is 12.8 Å². The van der Waals surface area contributed by atoms with Gasteiger partial charge in [-0.3, -0.25) is 4.99 Å². The van der Waals surface area contributed by atoms with Crippen molar-refractivity contribution >= 4 is 16.0 Å². The Kier molecular flexibility index (Phi) is 7.06. The van der Waals surface area contributed by atoms with Gasteiger partial charge in [0.25, 0.3) is 0 Å². The predicted octanol–water partition coefficient (Wildman–Crippen LogP) is 1.84. The van der Waals surface area contributed by atoms with Crippen LogP contribution in [0.3, 0.4) is 0 Å². The van der Waals surface area contributed by atoms with Crippen LogP contribution >= 0.6 is 0 Å². The topological polar surface area (TPSA) is 73.8 Å². The molecule has 0 amide bonds. The number of sulfonamides is 1. The maximum Gasteiger partial charge on any atom is 0.209 e. The second-order valence-electron chi connectivity index (χ2n) is 7.72. The quantitative estimate of drug-likeness (QED) is 0.559. The number of aliphatic imine (C=N–C) groups is 1. The Morgan fingerprint density at radius 1 is 1.31 bits per heavy atom. The van der Waals surface area contributed by atoms with Gasteiger partial charge in [-0.25, -0.2) is 13.1 Å². The Labute approximate surface area is 158 Å². The molecule has 2 N–H and O–H groups in total. The third-order valence-corrected chi connectivity index (χ3v) is 5.30. The maximum absolute atomic E-state index is 11.5. The molecule has 0 radical (unpaired) electrons. The zero-order valence-electron chi connectivity index (χ0n) is 16.3. The molecular formula is C19H32N4O2S. The molecule has 0 spiro atoms. The minimum absolute atomic E-state index is 0.391. The van der Waals surface area contributed by atoms with Crippen LogP contribution in [0.15, 0.2) is 35.3 Å². The van der Waals surface area contributed by atoms with Crippen LogP contribution in [0.4, 0.5) is 0 Å². The van der Waals surface area contributed by atoms with Gasteiger partial charge in [-0.15, -0.1) is 0 Å². The van der Waals surface area contributed by atoms with Crippen molar-refractivity contribution in [1.82, 2.24) is 14.9 Å². The van der Waals surface area contributed by atoms with Crippen molar-refractivity contribution in [1.29, 1.82) is 0 Å². The molecule has 0 bridgehead atoms. The minimum atomic E-state index is -3.26. The van der Waals surface area contributed by atoms with Gasteiger partial charge in [-0.05, 0) is 45.1 Å². The molecule has 1 aromatic rings. The summed E-state index contributed by atoms with van der Waals surface area (Å²) in [6.07, 6.45) is 3.40. The number of benzene rings is 1. The highest BCUT2D eigenvalue weighted by Crippen LogP contribution is 2.21. The first kappa shape index (κ1) is 20.7. The van der Waals surface area contributed by atoms with Crippen LogP contribution < -0.4 is 10.0 Å².